The van der Waals surface area contributed by atoms with Crippen LogP contribution in [-0.4, -0.2) is 12.5 Å². The molecule has 0 aromatic heterocycles. The van der Waals surface area contributed by atoms with Crippen LogP contribution in [0.2, 0.25) is 5.02 Å². The van der Waals surface area contributed by atoms with Crippen LogP contribution >= 0.6 is 19.4 Å². The SMILES string of the molecule is Cc1cc(N)ccc1C(=O)N1CCCC(OP(=O)([O-])[O-])c2cc(Cl)ccc21.[Na+].[Na+]. The van der Waals surface area contributed by atoms with Gasteiger partial charge in [-0.3, -0.25) is 4.79 Å². The van der Waals surface area contributed by atoms with E-state index in [1.54, 1.807) is 42.2 Å². The number of aryl methyl sites for hydroxylation is 1. The number of anilines is 2. The van der Waals surface area contributed by atoms with E-state index in [2.05, 4.69) is 0 Å². The molecule has 144 valence electrons. The number of fused-ring (bicyclic) bond motifs is 1. The molecule has 0 saturated carbocycles. The summed E-state index contributed by atoms with van der Waals surface area (Å²) in [6.45, 7) is 2.14. The average Bonchev–Trinajstić information content (AvgIpc) is 2.72. The molecule has 0 saturated heterocycles. The second kappa shape index (κ2) is 11.1. The summed E-state index contributed by atoms with van der Waals surface area (Å²) in [7, 11) is -5.20. The van der Waals surface area contributed by atoms with Crippen molar-refractivity contribution in [3.63, 3.8) is 0 Å². The molecule has 11 heteroatoms. The van der Waals surface area contributed by atoms with Crippen molar-refractivity contribution < 1.29 is 82.8 Å². The summed E-state index contributed by atoms with van der Waals surface area (Å²) in [6, 6.07) is 9.78. The summed E-state index contributed by atoms with van der Waals surface area (Å²) < 4.78 is 15.9. The van der Waals surface area contributed by atoms with Crippen molar-refractivity contribution in [1.82, 2.24) is 0 Å². The van der Waals surface area contributed by atoms with E-state index in [0.717, 1.165) is 5.56 Å². The van der Waals surface area contributed by atoms with Gasteiger partial charge in [-0.2, -0.15) is 0 Å². The number of nitrogen functional groups attached to an aromatic ring is 1. The standard InChI is InChI=1S/C18H20ClN2O5P.2Na/c1-11-9-13(20)5-6-14(11)18(22)21-8-2-3-17(26-27(23,24)25)15-10-12(19)4-7-16(15)21;;/h4-7,9-10,17H,2-3,8,20H2,1H3,(H2,23,24,25);;/q;2*+1/p-2. The quantitative estimate of drug-likeness (QED) is 0.293. The average molecular weight is 455 g/mol. The van der Waals surface area contributed by atoms with Crippen LogP contribution in [0.5, 0.6) is 0 Å². The van der Waals surface area contributed by atoms with E-state index < -0.39 is 13.9 Å². The molecule has 2 aromatic rings. The number of halogens is 1. The minimum Gasteiger partial charge on any atom is -0.790 e. The van der Waals surface area contributed by atoms with Gasteiger partial charge in [0.25, 0.3) is 5.91 Å². The van der Waals surface area contributed by atoms with Crippen molar-refractivity contribution in [3.8, 4) is 0 Å². The largest absolute Gasteiger partial charge is 1.00 e. The van der Waals surface area contributed by atoms with Crippen molar-refractivity contribution in [2.24, 2.45) is 0 Å². The Morgan fingerprint density at radius 2 is 1.93 bits per heavy atom. The van der Waals surface area contributed by atoms with Crippen molar-refractivity contribution in [1.29, 1.82) is 0 Å². The fraction of sp³-hybridized carbons (Fsp3) is 0.278. The zero-order valence-electron chi connectivity index (χ0n) is 16.6. The molecule has 2 N–H and O–H groups in total. The molecule has 1 atom stereocenters. The molecule has 1 aliphatic rings. The normalized spacial score (nSPS) is 16.1. The van der Waals surface area contributed by atoms with Crippen LogP contribution < -0.4 is 79.5 Å². The molecule has 0 aliphatic carbocycles. The maximum Gasteiger partial charge on any atom is 1.00 e. The van der Waals surface area contributed by atoms with Crippen LogP contribution in [0.1, 0.15) is 40.4 Å². The van der Waals surface area contributed by atoms with Gasteiger partial charge >= 0.3 is 59.1 Å². The number of nitrogens with zero attached hydrogens (tertiary/aromatic N) is 1. The van der Waals surface area contributed by atoms with Crippen LogP contribution in [0.15, 0.2) is 36.4 Å². The van der Waals surface area contributed by atoms with Crippen molar-refractivity contribution in [2.45, 2.75) is 25.9 Å². The second-order valence-corrected chi connectivity index (χ2v) is 7.96. The van der Waals surface area contributed by atoms with Crippen molar-refractivity contribution >= 4 is 36.7 Å². The van der Waals surface area contributed by atoms with Gasteiger partial charge in [0.1, 0.15) is 0 Å². The van der Waals surface area contributed by atoms with E-state index >= 15 is 0 Å². The number of benzene rings is 2. The van der Waals surface area contributed by atoms with E-state index in [4.69, 9.17) is 21.9 Å². The summed E-state index contributed by atoms with van der Waals surface area (Å²) >= 11 is 6.06. The molecule has 2 aromatic carbocycles. The van der Waals surface area contributed by atoms with Crippen molar-refractivity contribution in [3.05, 3.63) is 58.1 Å². The van der Waals surface area contributed by atoms with Gasteiger partial charge in [0, 0.05) is 34.1 Å². The van der Waals surface area contributed by atoms with Crippen LogP contribution in [0.3, 0.4) is 0 Å². The summed E-state index contributed by atoms with van der Waals surface area (Å²) in [5, 5.41) is 0.354. The summed E-state index contributed by atoms with van der Waals surface area (Å²) in [6.07, 6.45) is -0.256. The Morgan fingerprint density at radius 1 is 1.24 bits per heavy atom. The van der Waals surface area contributed by atoms with Gasteiger partial charge in [-0.05, 0) is 61.7 Å². The van der Waals surface area contributed by atoms with Gasteiger partial charge in [0.05, 0.1) is 13.9 Å². The molecule has 29 heavy (non-hydrogen) atoms. The van der Waals surface area contributed by atoms with Crippen LogP contribution in [0.4, 0.5) is 11.4 Å². The molecular weight excluding hydrogens is 437 g/mol. The minimum atomic E-state index is -5.20. The summed E-state index contributed by atoms with van der Waals surface area (Å²) in [4.78, 5) is 37.0. The predicted molar refractivity (Wildman–Crippen MR) is 99.4 cm³/mol. The van der Waals surface area contributed by atoms with Crippen LogP contribution in [0, 0.1) is 6.92 Å². The Kier molecular flexibility index (Phi) is 10.4. The van der Waals surface area contributed by atoms with E-state index in [0.29, 0.717) is 40.5 Å². The second-order valence-electron chi connectivity index (χ2n) is 6.42. The Hall–Kier alpha value is 0.110. The van der Waals surface area contributed by atoms with E-state index in [1.807, 2.05) is 0 Å². The minimum absolute atomic E-state index is 0. The number of phosphoric ester groups is 1. The van der Waals surface area contributed by atoms with Gasteiger partial charge in [-0.25, -0.2) is 0 Å². The zero-order chi connectivity index (χ0) is 19.8. The molecule has 0 bridgehead atoms. The van der Waals surface area contributed by atoms with E-state index in [9.17, 15) is 19.1 Å². The molecule has 1 heterocycles. The number of rotatable bonds is 3. The van der Waals surface area contributed by atoms with Gasteiger partial charge in [-0.1, -0.05) is 11.6 Å². The molecule has 1 amide bonds. The fourth-order valence-corrected chi connectivity index (χ4v) is 4.00. The van der Waals surface area contributed by atoms with Gasteiger partial charge in [0.15, 0.2) is 0 Å². The molecule has 3 rings (SSSR count). The third-order valence-corrected chi connectivity index (χ3v) is 5.21. The molecule has 1 aliphatic heterocycles. The molecular formula is C18H18ClN2Na2O5P. The Labute approximate surface area is 218 Å². The molecule has 7 nitrogen and oxygen atoms in total. The number of phosphoric acid groups is 1. The summed E-state index contributed by atoms with van der Waals surface area (Å²) in [5.41, 5.74) is 8.40. The number of carbonyl (C=O) groups excluding carboxylic acids is 1. The maximum atomic E-state index is 13.2. The molecule has 1 unspecified atom stereocenters. The van der Waals surface area contributed by atoms with Crippen LogP contribution in [-0.2, 0) is 9.09 Å². The molecule has 0 radical (unpaired) electrons. The monoisotopic (exact) mass is 454 g/mol. The molecule has 0 fully saturated rings. The Morgan fingerprint density at radius 3 is 2.55 bits per heavy atom. The first-order chi connectivity index (χ1) is 12.7. The topological polar surface area (TPSA) is 119 Å². The first-order valence-electron chi connectivity index (χ1n) is 8.33. The fourth-order valence-electron chi connectivity index (χ4n) is 3.29. The third-order valence-electron chi connectivity index (χ3n) is 4.46. The van der Waals surface area contributed by atoms with E-state index in [1.165, 1.54) is 6.07 Å². The number of hydrogen-bond acceptors (Lipinski definition) is 6. The van der Waals surface area contributed by atoms with Crippen molar-refractivity contribution in [2.75, 3.05) is 17.2 Å². The first-order valence-corrected chi connectivity index (χ1v) is 10.2. The van der Waals surface area contributed by atoms with Gasteiger partial charge in [-0.15, -0.1) is 0 Å². The van der Waals surface area contributed by atoms with Gasteiger partial charge < -0.3 is 29.5 Å². The van der Waals surface area contributed by atoms with E-state index in [-0.39, 0.29) is 71.4 Å². The summed E-state index contributed by atoms with van der Waals surface area (Å²) in [5.74, 6) is -0.246. The Balaban J connectivity index is 0.00000210. The predicted octanol–water partition coefficient (Wildman–Crippen LogP) is -3.43. The number of amides is 1. The van der Waals surface area contributed by atoms with Gasteiger partial charge in [0.2, 0.25) is 0 Å². The zero-order valence-corrected chi connectivity index (χ0v) is 22.2. The first kappa shape index (κ1) is 27.1. The number of nitrogens with two attached hydrogens (primary N) is 1. The number of hydrogen-bond donors (Lipinski definition) is 1. The third kappa shape index (κ3) is 6.79. The maximum absolute atomic E-state index is 13.2. The Bertz CT molecular complexity index is 940. The number of carbonyl (C=O) groups is 1. The van der Waals surface area contributed by atoms with Crippen LogP contribution in [0.25, 0.3) is 0 Å². The molecule has 0 spiro atoms. The smallest absolute Gasteiger partial charge is 0.790 e.